The number of rotatable bonds is 5. The van der Waals surface area contributed by atoms with Crippen molar-refractivity contribution in [2.75, 3.05) is 17.7 Å². The lowest BCUT2D eigenvalue weighted by molar-refractivity contribution is 0.610. The lowest BCUT2D eigenvalue weighted by atomic mass is 10.4. The largest absolute Gasteiger partial charge is 0.357 e. The van der Waals surface area contributed by atoms with Gasteiger partial charge in [-0.05, 0) is 13.3 Å². The van der Waals surface area contributed by atoms with Crippen LogP contribution in [0.1, 0.15) is 19.0 Å². The second-order valence-corrected chi connectivity index (χ2v) is 4.03. The highest BCUT2D eigenvalue weighted by molar-refractivity contribution is 5.53. The van der Waals surface area contributed by atoms with Crippen LogP contribution in [0.5, 0.6) is 0 Å². The van der Waals surface area contributed by atoms with E-state index < -0.39 is 0 Å². The molecule has 2 aromatic rings. The lowest BCUT2D eigenvalue weighted by Gasteiger charge is -2.10. The SMILES string of the molecule is CCCn1nccc1Nc1cc(C)nc(NC)n1. The van der Waals surface area contributed by atoms with E-state index in [1.54, 1.807) is 13.2 Å². The standard InChI is InChI=1S/C12H18N6/c1-4-7-18-11(5-6-14-18)16-10-8-9(2)15-12(13-3)17-10/h5-6,8H,4,7H2,1-3H3,(H2,13,15,16,17). The van der Waals surface area contributed by atoms with Gasteiger partial charge in [0.25, 0.3) is 0 Å². The fraction of sp³-hybridized carbons (Fsp3) is 0.417. The summed E-state index contributed by atoms with van der Waals surface area (Å²) in [5.74, 6) is 2.32. The third-order valence-electron chi connectivity index (χ3n) is 2.49. The molecule has 6 heteroatoms. The van der Waals surface area contributed by atoms with Crippen molar-refractivity contribution in [2.45, 2.75) is 26.8 Å². The van der Waals surface area contributed by atoms with Crippen molar-refractivity contribution >= 4 is 17.6 Å². The lowest BCUT2D eigenvalue weighted by Crippen LogP contribution is -2.07. The normalized spacial score (nSPS) is 10.4. The molecule has 0 unspecified atom stereocenters. The van der Waals surface area contributed by atoms with Gasteiger partial charge in [-0.1, -0.05) is 6.92 Å². The molecule has 0 aliphatic rings. The van der Waals surface area contributed by atoms with Gasteiger partial charge in [0.2, 0.25) is 5.95 Å². The van der Waals surface area contributed by atoms with Crippen LogP contribution >= 0.6 is 0 Å². The van der Waals surface area contributed by atoms with Crippen LogP contribution in [0.2, 0.25) is 0 Å². The molecule has 0 spiro atoms. The number of nitrogens with one attached hydrogen (secondary N) is 2. The van der Waals surface area contributed by atoms with Gasteiger partial charge in [0.05, 0.1) is 6.20 Å². The molecule has 0 aliphatic heterocycles. The van der Waals surface area contributed by atoms with E-state index in [4.69, 9.17) is 0 Å². The quantitative estimate of drug-likeness (QED) is 0.846. The second kappa shape index (κ2) is 5.48. The third-order valence-corrected chi connectivity index (χ3v) is 2.49. The first kappa shape index (κ1) is 12.3. The van der Waals surface area contributed by atoms with E-state index in [0.717, 1.165) is 30.3 Å². The Morgan fingerprint density at radius 2 is 2.17 bits per heavy atom. The molecule has 6 nitrogen and oxygen atoms in total. The molecule has 2 rings (SSSR count). The van der Waals surface area contributed by atoms with Crippen molar-refractivity contribution in [1.29, 1.82) is 0 Å². The summed E-state index contributed by atoms with van der Waals surface area (Å²) in [6.07, 6.45) is 2.83. The van der Waals surface area contributed by atoms with Gasteiger partial charge < -0.3 is 10.6 Å². The first-order valence-electron chi connectivity index (χ1n) is 6.05. The molecule has 0 saturated carbocycles. The van der Waals surface area contributed by atoms with Crippen LogP contribution < -0.4 is 10.6 Å². The van der Waals surface area contributed by atoms with Crippen molar-refractivity contribution in [3.8, 4) is 0 Å². The van der Waals surface area contributed by atoms with E-state index in [1.807, 2.05) is 23.7 Å². The van der Waals surface area contributed by atoms with Gasteiger partial charge in [-0.3, -0.25) is 0 Å². The molecule has 2 heterocycles. The Balaban J connectivity index is 2.22. The highest BCUT2D eigenvalue weighted by atomic mass is 15.3. The third kappa shape index (κ3) is 2.77. The van der Waals surface area contributed by atoms with E-state index in [1.165, 1.54) is 0 Å². The molecule has 0 amide bonds. The molecule has 0 atom stereocenters. The monoisotopic (exact) mass is 246 g/mol. The molecule has 0 saturated heterocycles. The molecule has 0 bridgehead atoms. The summed E-state index contributed by atoms with van der Waals surface area (Å²) in [5, 5.41) is 10.5. The number of hydrogen-bond acceptors (Lipinski definition) is 5. The van der Waals surface area contributed by atoms with Gasteiger partial charge in [0.1, 0.15) is 11.6 Å². The first-order chi connectivity index (χ1) is 8.72. The Labute approximate surface area is 106 Å². The second-order valence-electron chi connectivity index (χ2n) is 4.03. The van der Waals surface area contributed by atoms with Gasteiger partial charge in [-0.15, -0.1) is 0 Å². The van der Waals surface area contributed by atoms with Crippen molar-refractivity contribution in [2.24, 2.45) is 0 Å². The average Bonchev–Trinajstić information content (AvgIpc) is 2.76. The Morgan fingerprint density at radius 3 is 2.89 bits per heavy atom. The molecule has 0 aromatic carbocycles. The summed E-state index contributed by atoms with van der Waals surface area (Å²) < 4.78 is 1.93. The van der Waals surface area contributed by atoms with Crippen LogP contribution in [0.15, 0.2) is 18.3 Å². The Bertz CT molecular complexity index is 519. The molecule has 0 fully saturated rings. The first-order valence-corrected chi connectivity index (χ1v) is 6.05. The topological polar surface area (TPSA) is 67.7 Å². The zero-order chi connectivity index (χ0) is 13.0. The Morgan fingerprint density at radius 1 is 1.33 bits per heavy atom. The van der Waals surface area contributed by atoms with Crippen LogP contribution in [0.4, 0.5) is 17.6 Å². The molecule has 0 radical (unpaired) electrons. The maximum Gasteiger partial charge on any atom is 0.224 e. The number of hydrogen-bond donors (Lipinski definition) is 2. The summed E-state index contributed by atoms with van der Waals surface area (Å²) in [6, 6.07) is 3.84. The smallest absolute Gasteiger partial charge is 0.224 e. The number of aryl methyl sites for hydroxylation is 2. The number of anilines is 3. The van der Waals surface area contributed by atoms with E-state index in [0.29, 0.717) is 5.95 Å². The minimum Gasteiger partial charge on any atom is -0.357 e. The summed E-state index contributed by atoms with van der Waals surface area (Å²) in [5.41, 5.74) is 0.915. The maximum atomic E-state index is 4.35. The van der Waals surface area contributed by atoms with Crippen LogP contribution in [0, 0.1) is 6.92 Å². The van der Waals surface area contributed by atoms with E-state index in [2.05, 4.69) is 32.6 Å². The molecular weight excluding hydrogens is 228 g/mol. The molecule has 0 aliphatic carbocycles. The van der Waals surface area contributed by atoms with E-state index >= 15 is 0 Å². The van der Waals surface area contributed by atoms with Gasteiger partial charge in [-0.25, -0.2) is 9.67 Å². The number of aromatic nitrogens is 4. The fourth-order valence-electron chi connectivity index (χ4n) is 1.70. The zero-order valence-corrected chi connectivity index (χ0v) is 10.9. The molecule has 2 aromatic heterocycles. The summed E-state index contributed by atoms with van der Waals surface area (Å²) in [7, 11) is 1.81. The van der Waals surface area contributed by atoms with E-state index in [9.17, 15) is 0 Å². The summed E-state index contributed by atoms with van der Waals surface area (Å²) >= 11 is 0. The van der Waals surface area contributed by atoms with Crippen LogP contribution in [-0.2, 0) is 6.54 Å². The van der Waals surface area contributed by atoms with Crippen molar-refractivity contribution in [3.05, 3.63) is 24.0 Å². The van der Waals surface area contributed by atoms with Crippen LogP contribution in [0.3, 0.4) is 0 Å². The number of nitrogens with zero attached hydrogens (tertiary/aromatic N) is 4. The predicted octanol–water partition coefficient (Wildman–Crippen LogP) is 2.18. The maximum absolute atomic E-state index is 4.35. The Kier molecular flexibility index (Phi) is 3.76. The van der Waals surface area contributed by atoms with Crippen LogP contribution in [-0.4, -0.2) is 26.8 Å². The molecule has 2 N–H and O–H groups in total. The predicted molar refractivity (Wildman–Crippen MR) is 72.1 cm³/mol. The highest BCUT2D eigenvalue weighted by Crippen LogP contribution is 2.16. The minimum absolute atomic E-state index is 0.610. The van der Waals surface area contributed by atoms with Crippen molar-refractivity contribution < 1.29 is 0 Å². The Hall–Kier alpha value is -2.11. The molecular formula is C12H18N6. The molecule has 18 heavy (non-hydrogen) atoms. The van der Waals surface area contributed by atoms with E-state index in [-0.39, 0.29) is 0 Å². The summed E-state index contributed by atoms with van der Waals surface area (Å²) in [4.78, 5) is 8.61. The van der Waals surface area contributed by atoms with Gasteiger partial charge in [0.15, 0.2) is 0 Å². The van der Waals surface area contributed by atoms with Crippen molar-refractivity contribution in [3.63, 3.8) is 0 Å². The fourth-order valence-corrected chi connectivity index (χ4v) is 1.70. The highest BCUT2D eigenvalue weighted by Gasteiger charge is 2.05. The molecule has 96 valence electrons. The average molecular weight is 246 g/mol. The zero-order valence-electron chi connectivity index (χ0n) is 10.9. The summed E-state index contributed by atoms with van der Waals surface area (Å²) in [6.45, 7) is 4.95. The minimum atomic E-state index is 0.610. The van der Waals surface area contributed by atoms with Crippen LogP contribution in [0.25, 0.3) is 0 Å². The van der Waals surface area contributed by atoms with Gasteiger partial charge in [0, 0.05) is 31.4 Å². The van der Waals surface area contributed by atoms with Gasteiger partial charge >= 0.3 is 0 Å². The van der Waals surface area contributed by atoms with Crippen molar-refractivity contribution in [1.82, 2.24) is 19.7 Å². The van der Waals surface area contributed by atoms with Gasteiger partial charge in [-0.2, -0.15) is 10.1 Å².